The van der Waals surface area contributed by atoms with Gasteiger partial charge in [-0.25, -0.2) is 0 Å². The van der Waals surface area contributed by atoms with Crippen LogP contribution >= 0.6 is 0 Å². The normalized spacial score (nSPS) is 21.2. The second-order valence-electron chi connectivity index (χ2n) is 9.86. The Morgan fingerprint density at radius 3 is 2.19 bits per heavy atom. The van der Waals surface area contributed by atoms with Crippen molar-refractivity contribution in [3.8, 4) is 0 Å². The van der Waals surface area contributed by atoms with E-state index in [2.05, 4.69) is 79.5 Å². The van der Waals surface area contributed by atoms with Crippen LogP contribution in [-0.4, -0.2) is 46.3 Å². The summed E-state index contributed by atoms with van der Waals surface area (Å²) in [7, 11) is 0. The predicted octanol–water partition coefficient (Wildman–Crippen LogP) is 3.90. The van der Waals surface area contributed by atoms with E-state index in [9.17, 15) is 9.59 Å². The number of nitrogens with zero attached hydrogens (tertiary/aromatic N) is 2. The van der Waals surface area contributed by atoms with E-state index < -0.39 is 11.6 Å². The number of benzene rings is 2. The minimum atomic E-state index is -0.761. The van der Waals surface area contributed by atoms with Gasteiger partial charge in [-0.3, -0.25) is 14.5 Å². The Balaban J connectivity index is 1.56. The molecule has 5 heteroatoms. The third kappa shape index (κ3) is 4.73. The number of carbonyl (C=O) groups excluding carboxylic acids is 2. The second-order valence-corrected chi connectivity index (χ2v) is 9.86. The lowest BCUT2D eigenvalue weighted by atomic mass is 9.80. The summed E-state index contributed by atoms with van der Waals surface area (Å²) in [5.41, 5.74) is 2.79. The summed E-state index contributed by atoms with van der Waals surface area (Å²) >= 11 is 0. The van der Waals surface area contributed by atoms with Crippen LogP contribution < -0.4 is 5.32 Å². The number of piperidine rings is 1. The molecule has 1 spiro atoms. The minimum Gasteiger partial charge on any atom is -0.342 e. The maximum atomic E-state index is 13.6. The third-order valence-corrected chi connectivity index (χ3v) is 6.91. The maximum absolute atomic E-state index is 13.6. The summed E-state index contributed by atoms with van der Waals surface area (Å²) in [6.45, 7) is 9.21. The zero-order valence-electron chi connectivity index (χ0n) is 19.5. The molecule has 2 aromatic carbocycles. The van der Waals surface area contributed by atoms with Gasteiger partial charge in [0.1, 0.15) is 11.6 Å². The zero-order chi connectivity index (χ0) is 22.7. The van der Waals surface area contributed by atoms with E-state index in [0.717, 1.165) is 25.2 Å². The Morgan fingerprint density at radius 2 is 1.56 bits per heavy atom. The highest BCUT2D eigenvalue weighted by Gasteiger charge is 2.53. The van der Waals surface area contributed by atoms with Crippen molar-refractivity contribution in [2.45, 2.75) is 64.7 Å². The first-order valence-corrected chi connectivity index (χ1v) is 11.8. The summed E-state index contributed by atoms with van der Waals surface area (Å²) in [5, 5.41) is 3.10. The number of carbonyl (C=O) groups is 2. The lowest BCUT2D eigenvalue weighted by molar-refractivity contribution is -0.162. The molecule has 1 N–H and O–H groups in total. The number of piperazine rings is 1. The zero-order valence-corrected chi connectivity index (χ0v) is 19.5. The van der Waals surface area contributed by atoms with E-state index in [-0.39, 0.29) is 11.8 Å². The fraction of sp³-hybridized carbons (Fsp3) is 0.481. The maximum Gasteiger partial charge on any atom is 0.246 e. The van der Waals surface area contributed by atoms with Crippen molar-refractivity contribution >= 4 is 11.8 Å². The van der Waals surface area contributed by atoms with Gasteiger partial charge in [-0.15, -0.1) is 0 Å². The lowest BCUT2D eigenvalue weighted by Gasteiger charge is -2.52. The Bertz CT molecular complexity index is 931. The molecule has 32 heavy (non-hydrogen) atoms. The monoisotopic (exact) mass is 433 g/mol. The minimum absolute atomic E-state index is 0.0224. The summed E-state index contributed by atoms with van der Waals surface area (Å²) < 4.78 is 0. The van der Waals surface area contributed by atoms with Gasteiger partial charge in [0.25, 0.3) is 0 Å². The number of aryl methyl sites for hydroxylation is 1. The van der Waals surface area contributed by atoms with Crippen LogP contribution in [0.25, 0.3) is 0 Å². The van der Waals surface area contributed by atoms with E-state index in [1.807, 2.05) is 11.0 Å². The van der Waals surface area contributed by atoms with Gasteiger partial charge in [-0.2, -0.15) is 0 Å². The Hall–Kier alpha value is -2.66. The highest BCUT2D eigenvalue weighted by molar-refractivity contribution is 6.00. The summed E-state index contributed by atoms with van der Waals surface area (Å²) in [6.07, 6.45) is 2.00. The number of hydrogen-bond donors (Lipinski definition) is 1. The van der Waals surface area contributed by atoms with E-state index >= 15 is 0 Å². The predicted molar refractivity (Wildman–Crippen MR) is 127 cm³/mol. The molecule has 2 heterocycles. The molecule has 2 aromatic rings. The average molecular weight is 434 g/mol. The van der Waals surface area contributed by atoms with Gasteiger partial charge in [0, 0.05) is 26.2 Å². The molecule has 2 aliphatic heterocycles. The molecule has 170 valence electrons. The van der Waals surface area contributed by atoms with Gasteiger partial charge in [-0.1, -0.05) is 74.0 Å². The molecule has 1 atom stereocenters. The third-order valence-electron chi connectivity index (χ3n) is 6.91. The van der Waals surface area contributed by atoms with Crippen LogP contribution in [0.15, 0.2) is 54.6 Å². The van der Waals surface area contributed by atoms with Crippen molar-refractivity contribution in [1.82, 2.24) is 15.1 Å². The van der Waals surface area contributed by atoms with E-state index in [4.69, 9.17) is 0 Å². The van der Waals surface area contributed by atoms with Gasteiger partial charge in [0.05, 0.1) is 0 Å². The standard InChI is InChI=1S/C27H35N3O2/c1-20(2)17-24-25(31)30(19-23-11-9-21(3)10-12-23)27(26(32)28-24)13-15-29(16-14-27)18-22-7-5-4-6-8-22/h4-12,20,24H,13-19H2,1-3H3,(H,28,32). The molecule has 2 aliphatic rings. The van der Waals surface area contributed by atoms with E-state index in [1.165, 1.54) is 11.1 Å². The number of likely N-dealkylation sites (tertiary alicyclic amines) is 1. The van der Waals surface area contributed by atoms with Crippen molar-refractivity contribution in [1.29, 1.82) is 0 Å². The first-order valence-electron chi connectivity index (χ1n) is 11.8. The molecule has 0 aliphatic carbocycles. The van der Waals surface area contributed by atoms with Crippen LogP contribution in [0.1, 0.15) is 49.8 Å². The topological polar surface area (TPSA) is 52.7 Å². The lowest BCUT2D eigenvalue weighted by Crippen LogP contribution is -2.72. The van der Waals surface area contributed by atoms with Crippen LogP contribution in [-0.2, 0) is 22.7 Å². The van der Waals surface area contributed by atoms with E-state index in [1.54, 1.807) is 0 Å². The number of rotatable bonds is 6. The molecule has 0 saturated carbocycles. The molecule has 1 unspecified atom stereocenters. The molecule has 0 radical (unpaired) electrons. The molecule has 5 nitrogen and oxygen atoms in total. The van der Waals surface area contributed by atoms with Gasteiger partial charge in [0.15, 0.2) is 0 Å². The second kappa shape index (κ2) is 9.45. The van der Waals surface area contributed by atoms with E-state index in [0.29, 0.717) is 31.7 Å². The van der Waals surface area contributed by atoms with Crippen LogP contribution in [0.4, 0.5) is 0 Å². The fourth-order valence-corrected chi connectivity index (χ4v) is 5.03. The molecule has 0 bridgehead atoms. The van der Waals surface area contributed by atoms with Crippen molar-refractivity contribution in [2.75, 3.05) is 13.1 Å². The van der Waals surface area contributed by atoms with Crippen molar-refractivity contribution < 1.29 is 9.59 Å². The summed E-state index contributed by atoms with van der Waals surface area (Å²) in [4.78, 5) is 31.4. The molecule has 2 fully saturated rings. The summed E-state index contributed by atoms with van der Waals surface area (Å²) in [6, 6.07) is 18.3. The fourth-order valence-electron chi connectivity index (χ4n) is 5.03. The number of amides is 2. The van der Waals surface area contributed by atoms with Gasteiger partial charge >= 0.3 is 0 Å². The van der Waals surface area contributed by atoms with Gasteiger partial charge < -0.3 is 10.2 Å². The van der Waals surface area contributed by atoms with Crippen LogP contribution in [0.5, 0.6) is 0 Å². The summed E-state index contributed by atoms with van der Waals surface area (Å²) in [5.74, 6) is 0.428. The first kappa shape index (κ1) is 22.5. The molecular formula is C27H35N3O2. The van der Waals surface area contributed by atoms with Crippen molar-refractivity contribution in [2.24, 2.45) is 5.92 Å². The van der Waals surface area contributed by atoms with Crippen LogP contribution in [0, 0.1) is 12.8 Å². The largest absolute Gasteiger partial charge is 0.342 e. The Labute approximate surface area is 191 Å². The number of nitrogens with one attached hydrogen (secondary N) is 1. The Morgan fingerprint density at radius 1 is 0.938 bits per heavy atom. The van der Waals surface area contributed by atoms with Crippen LogP contribution in [0.3, 0.4) is 0 Å². The number of hydrogen-bond acceptors (Lipinski definition) is 3. The molecule has 2 amide bonds. The quantitative estimate of drug-likeness (QED) is 0.752. The van der Waals surface area contributed by atoms with Gasteiger partial charge in [0.2, 0.25) is 11.8 Å². The molecule has 4 rings (SSSR count). The average Bonchev–Trinajstić information content (AvgIpc) is 2.78. The van der Waals surface area contributed by atoms with Crippen molar-refractivity contribution in [3.05, 3.63) is 71.3 Å². The Kier molecular flexibility index (Phi) is 6.66. The first-order chi connectivity index (χ1) is 15.4. The highest BCUT2D eigenvalue weighted by atomic mass is 16.2. The van der Waals surface area contributed by atoms with Crippen LogP contribution in [0.2, 0.25) is 0 Å². The smallest absolute Gasteiger partial charge is 0.246 e. The highest BCUT2D eigenvalue weighted by Crippen LogP contribution is 2.35. The molecule has 0 aromatic heterocycles. The molecular weight excluding hydrogens is 398 g/mol. The SMILES string of the molecule is Cc1ccc(CN2C(=O)C(CC(C)C)NC(=O)C23CCN(Cc2ccccc2)CC3)cc1. The van der Waals surface area contributed by atoms with Crippen molar-refractivity contribution in [3.63, 3.8) is 0 Å². The molecule has 2 saturated heterocycles. The van der Waals surface area contributed by atoms with Gasteiger partial charge in [-0.05, 0) is 43.2 Å².